The lowest BCUT2D eigenvalue weighted by Crippen LogP contribution is -2.30. The summed E-state index contributed by atoms with van der Waals surface area (Å²) in [6, 6.07) is 27.2. The highest BCUT2D eigenvalue weighted by molar-refractivity contribution is 5.76. The first-order valence-corrected chi connectivity index (χ1v) is 11.7. The van der Waals surface area contributed by atoms with Gasteiger partial charge in [0.2, 0.25) is 0 Å². The zero-order valence-electron chi connectivity index (χ0n) is 20.9. The number of hydrogen-bond donors (Lipinski definition) is 6. The van der Waals surface area contributed by atoms with Crippen molar-refractivity contribution in [1.29, 1.82) is 0 Å². The highest BCUT2D eigenvalue weighted by Crippen LogP contribution is 2.18. The van der Waals surface area contributed by atoms with Crippen LogP contribution < -0.4 is 22.9 Å². The molecule has 0 aromatic heterocycles. The third-order valence-corrected chi connectivity index (χ3v) is 4.64. The van der Waals surface area contributed by atoms with Crippen molar-refractivity contribution in [3.63, 3.8) is 0 Å². The van der Waals surface area contributed by atoms with Crippen LogP contribution in [0.4, 0.5) is 0 Å². The Hall–Kier alpha value is -3.89. The van der Waals surface area contributed by atoms with E-state index in [0.717, 1.165) is 24.8 Å². The van der Waals surface area contributed by atoms with Gasteiger partial charge in [-0.1, -0.05) is 84.9 Å². The van der Waals surface area contributed by atoms with Crippen LogP contribution in [-0.2, 0) is 16.0 Å². The van der Waals surface area contributed by atoms with E-state index < -0.39 is 18.0 Å². The molecule has 1 atom stereocenters. The highest BCUT2D eigenvalue weighted by Gasteiger charge is 2.08. The van der Waals surface area contributed by atoms with E-state index in [0.29, 0.717) is 24.9 Å². The molecule has 200 valence electrons. The fourth-order valence-electron chi connectivity index (χ4n) is 2.66. The van der Waals surface area contributed by atoms with Gasteiger partial charge in [-0.15, -0.1) is 0 Å². The van der Waals surface area contributed by atoms with Gasteiger partial charge in [-0.05, 0) is 49.0 Å². The summed E-state index contributed by atoms with van der Waals surface area (Å²) >= 11 is 0. The molecule has 3 rings (SSSR count). The maximum atomic E-state index is 10.5. The lowest BCUT2D eigenvalue weighted by molar-refractivity contribution is -0.138. The van der Waals surface area contributed by atoms with E-state index in [1.165, 1.54) is 11.1 Å². The minimum Gasteiger partial charge on any atom is -0.480 e. The van der Waals surface area contributed by atoms with Gasteiger partial charge < -0.3 is 33.1 Å². The molecule has 0 saturated heterocycles. The Bertz CT molecular complexity index is 1000. The molecule has 10 N–H and O–H groups in total. The minimum absolute atomic E-state index is 0.278. The summed E-state index contributed by atoms with van der Waals surface area (Å²) < 4.78 is 0. The second-order valence-corrected chi connectivity index (χ2v) is 7.60. The Labute approximate surface area is 218 Å². The molecule has 0 spiro atoms. The van der Waals surface area contributed by atoms with Crippen LogP contribution in [0.25, 0.3) is 11.1 Å². The Morgan fingerprint density at radius 2 is 1.24 bits per heavy atom. The van der Waals surface area contributed by atoms with Crippen LogP contribution in [0.3, 0.4) is 0 Å². The maximum Gasteiger partial charge on any atom is 0.320 e. The van der Waals surface area contributed by atoms with Gasteiger partial charge in [0, 0.05) is 5.56 Å². The number of nitrogens with two attached hydrogens (primary N) is 4. The normalized spacial score (nSPS) is 10.2. The van der Waals surface area contributed by atoms with Gasteiger partial charge in [0.1, 0.15) is 12.3 Å². The molecule has 3 aromatic rings. The van der Waals surface area contributed by atoms with Gasteiger partial charge in [-0.2, -0.15) is 0 Å². The van der Waals surface area contributed by atoms with Gasteiger partial charge in [0.25, 0.3) is 0 Å². The zero-order chi connectivity index (χ0) is 27.9. The monoisotopic (exact) mass is 510 g/mol. The minimum atomic E-state index is -0.968. The molecule has 0 bridgehead atoms. The van der Waals surface area contributed by atoms with Crippen LogP contribution in [0.15, 0.2) is 84.9 Å². The SMILES string of the molecule is NCC(=O)O.NCCC[C@H](N)C(=O)O.NCCc1ccccc1.O=Cc1ccc(-c2ccccc2)cc1. The van der Waals surface area contributed by atoms with Crippen molar-refractivity contribution in [2.45, 2.75) is 25.3 Å². The number of rotatable bonds is 9. The number of hydrogen-bond acceptors (Lipinski definition) is 7. The van der Waals surface area contributed by atoms with Crippen molar-refractivity contribution in [3.05, 3.63) is 96.1 Å². The van der Waals surface area contributed by atoms with Crippen LogP contribution in [0.5, 0.6) is 0 Å². The van der Waals surface area contributed by atoms with E-state index in [9.17, 15) is 14.4 Å². The standard InChI is InChI=1S/C13H10O.C8H11N.C5H12N2O2.C2H5NO2/c14-10-11-6-8-13(9-7-11)12-4-2-1-3-5-12;9-7-6-8-4-2-1-3-5-8;6-3-1-2-4(7)5(8)9;3-1-2(4)5/h1-10H;1-5H,6-7,9H2;4H,1-3,6-7H2,(H,8,9);1,3H2,(H,4,5)/t;;4-;/m..0./s1. The average Bonchev–Trinajstić information content (AvgIpc) is 2.94. The lowest BCUT2D eigenvalue weighted by Gasteiger charge is -2.02. The van der Waals surface area contributed by atoms with Gasteiger partial charge in [0.05, 0.1) is 6.54 Å². The van der Waals surface area contributed by atoms with E-state index in [1.807, 2.05) is 60.7 Å². The topological polar surface area (TPSA) is 196 Å². The van der Waals surface area contributed by atoms with Crippen LogP contribution in [-0.4, -0.2) is 54.1 Å². The quantitative estimate of drug-likeness (QED) is 0.234. The molecule has 0 heterocycles. The van der Waals surface area contributed by atoms with Crippen molar-refractivity contribution >= 4 is 18.2 Å². The van der Waals surface area contributed by atoms with Crippen molar-refractivity contribution in [3.8, 4) is 11.1 Å². The van der Waals surface area contributed by atoms with Gasteiger partial charge >= 0.3 is 11.9 Å². The Morgan fingerprint density at radius 3 is 1.65 bits per heavy atom. The molecule has 0 aliphatic carbocycles. The first-order chi connectivity index (χ1) is 17.8. The lowest BCUT2D eigenvalue weighted by atomic mass is 10.0. The second-order valence-electron chi connectivity index (χ2n) is 7.60. The van der Waals surface area contributed by atoms with Gasteiger partial charge in [-0.3, -0.25) is 14.4 Å². The maximum absolute atomic E-state index is 10.5. The van der Waals surface area contributed by atoms with Crippen molar-refractivity contribution in [2.24, 2.45) is 22.9 Å². The van der Waals surface area contributed by atoms with Crippen LogP contribution >= 0.6 is 0 Å². The fourth-order valence-corrected chi connectivity index (χ4v) is 2.66. The van der Waals surface area contributed by atoms with Crippen molar-refractivity contribution in [1.82, 2.24) is 0 Å². The van der Waals surface area contributed by atoms with Gasteiger partial charge in [0.15, 0.2) is 0 Å². The Kier molecular flexibility index (Phi) is 19.1. The molecular weight excluding hydrogens is 472 g/mol. The van der Waals surface area contributed by atoms with E-state index in [1.54, 1.807) is 0 Å². The van der Waals surface area contributed by atoms with Crippen LogP contribution in [0.2, 0.25) is 0 Å². The number of aldehydes is 1. The second kappa shape index (κ2) is 21.4. The summed E-state index contributed by atoms with van der Waals surface area (Å²) in [6.45, 7) is 0.963. The number of benzene rings is 3. The molecule has 9 nitrogen and oxygen atoms in total. The number of carboxylic acid groups (broad SMARTS) is 2. The highest BCUT2D eigenvalue weighted by atomic mass is 16.4. The predicted molar refractivity (Wildman–Crippen MR) is 147 cm³/mol. The molecule has 0 saturated carbocycles. The average molecular weight is 511 g/mol. The number of carboxylic acids is 2. The molecule has 0 radical (unpaired) electrons. The Balaban J connectivity index is 0.000000498. The molecule has 0 unspecified atom stereocenters. The molecule has 9 heteroatoms. The summed E-state index contributed by atoms with van der Waals surface area (Å²) in [5.74, 6) is -1.92. The third kappa shape index (κ3) is 17.2. The number of carbonyl (C=O) groups excluding carboxylic acids is 1. The number of aliphatic carboxylic acids is 2. The van der Waals surface area contributed by atoms with E-state index >= 15 is 0 Å². The van der Waals surface area contributed by atoms with Gasteiger partial charge in [-0.25, -0.2) is 0 Å². The first-order valence-electron chi connectivity index (χ1n) is 11.7. The largest absolute Gasteiger partial charge is 0.480 e. The Morgan fingerprint density at radius 1 is 0.757 bits per heavy atom. The number of carbonyl (C=O) groups is 3. The summed E-state index contributed by atoms with van der Waals surface area (Å²) in [7, 11) is 0. The first kappa shape index (κ1) is 33.1. The zero-order valence-corrected chi connectivity index (χ0v) is 20.9. The summed E-state index contributed by atoms with van der Waals surface area (Å²) in [5, 5.41) is 15.8. The van der Waals surface area contributed by atoms with E-state index in [2.05, 4.69) is 30.0 Å². The molecule has 0 fully saturated rings. The fraction of sp³-hybridized carbons (Fsp3) is 0.250. The summed E-state index contributed by atoms with van der Waals surface area (Å²) in [5.41, 5.74) is 24.5. The molecule has 0 aliphatic heterocycles. The van der Waals surface area contributed by atoms with Crippen LogP contribution in [0.1, 0.15) is 28.8 Å². The van der Waals surface area contributed by atoms with E-state index in [-0.39, 0.29) is 6.54 Å². The van der Waals surface area contributed by atoms with Crippen molar-refractivity contribution in [2.75, 3.05) is 19.6 Å². The summed E-state index contributed by atoms with van der Waals surface area (Å²) in [4.78, 5) is 29.7. The summed E-state index contributed by atoms with van der Waals surface area (Å²) in [6.07, 6.45) is 2.98. The van der Waals surface area contributed by atoms with Crippen molar-refractivity contribution < 1.29 is 24.6 Å². The smallest absolute Gasteiger partial charge is 0.320 e. The predicted octanol–water partition coefficient (Wildman–Crippen LogP) is 2.52. The third-order valence-electron chi connectivity index (χ3n) is 4.64. The molecule has 0 aliphatic rings. The molecule has 37 heavy (non-hydrogen) atoms. The van der Waals surface area contributed by atoms with E-state index in [4.69, 9.17) is 27.4 Å². The molecule has 3 aromatic carbocycles. The molecule has 0 amide bonds. The molecular formula is C28H38N4O5. The van der Waals surface area contributed by atoms with Crippen LogP contribution in [0, 0.1) is 0 Å².